The molecule has 0 aliphatic carbocycles. The van der Waals surface area contributed by atoms with E-state index < -0.39 is 0 Å². The molecule has 1 fully saturated rings. The third-order valence-corrected chi connectivity index (χ3v) is 4.07. The van der Waals surface area contributed by atoms with Crippen molar-refractivity contribution < 1.29 is 0 Å². The first-order valence-electron chi connectivity index (χ1n) is 4.67. The Morgan fingerprint density at radius 1 is 1.57 bits per heavy atom. The number of aryl methyl sites for hydroxylation is 1. The van der Waals surface area contributed by atoms with E-state index in [9.17, 15) is 0 Å². The number of hydrogen-bond donors (Lipinski definition) is 2. The Bertz CT molecular complexity index is 489. The van der Waals surface area contributed by atoms with Crippen LogP contribution in [-0.2, 0) is 7.05 Å². The van der Waals surface area contributed by atoms with Crippen molar-refractivity contribution in [1.29, 1.82) is 0 Å². The van der Waals surface area contributed by atoms with Crippen LogP contribution < -0.4 is 21.4 Å². The second kappa shape index (κ2) is 2.77. The van der Waals surface area contributed by atoms with Gasteiger partial charge < -0.3 is 5.43 Å². The molecule has 14 heavy (non-hydrogen) atoms. The molecular formula is C9H12N4S. The van der Waals surface area contributed by atoms with Gasteiger partial charge in [0.2, 0.25) is 0 Å². The number of hydrazine groups is 1. The van der Waals surface area contributed by atoms with Crippen molar-refractivity contribution in [2.45, 2.75) is 18.2 Å². The summed E-state index contributed by atoms with van der Waals surface area (Å²) in [6, 6.07) is 0.472. The Kier molecular flexibility index (Phi) is 1.66. The highest BCUT2D eigenvalue weighted by atomic mass is 32.2. The number of nitrogens with one attached hydrogen (secondary N) is 2. The van der Waals surface area contributed by atoms with Gasteiger partial charge in [0, 0.05) is 18.3 Å². The Morgan fingerprint density at radius 2 is 2.43 bits per heavy atom. The fourth-order valence-electron chi connectivity index (χ4n) is 1.93. The van der Waals surface area contributed by atoms with E-state index in [1.807, 2.05) is 29.7 Å². The Hall–Kier alpha value is -0.940. The summed E-state index contributed by atoms with van der Waals surface area (Å²) in [4.78, 5) is 0. The lowest BCUT2D eigenvalue weighted by Gasteiger charge is -2.13. The Morgan fingerprint density at radius 3 is 3.29 bits per heavy atom. The van der Waals surface area contributed by atoms with Crippen LogP contribution in [0.5, 0.6) is 0 Å². The summed E-state index contributed by atoms with van der Waals surface area (Å²) in [6.45, 7) is 2.19. The number of hydrogen-bond acceptors (Lipinski definition) is 4. The summed E-state index contributed by atoms with van der Waals surface area (Å²) in [6.07, 6.45) is 1.93. The van der Waals surface area contributed by atoms with Crippen molar-refractivity contribution in [1.82, 2.24) is 20.6 Å². The Labute approximate surface area is 86.0 Å². The van der Waals surface area contributed by atoms with Crippen molar-refractivity contribution in [3.8, 4) is 0 Å². The van der Waals surface area contributed by atoms with Crippen molar-refractivity contribution >= 4 is 22.9 Å². The van der Waals surface area contributed by atoms with Gasteiger partial charge >= 0.3 is 0 Å². The summed E-state index contributed by atoms with van der Waals surface area (Å²) in [7, 11) is 1.97. The van der Waals surface area contributed by atoms with Gasteiger partial charge in [0.25, 0.3) is 0 Å². The molecule has 5 heteroatoms. The van der Waals surface area contributed by atoms with E-state index in [1.54, 1.807) is 0 Å². The van der Waals surface area contributed by atoms with Gasteiger partial charge in [-0.1, -0.05) is 0 Å². The lowest BCUT2D eigenvalue weighted by Crippen LogP contribution is -2.36. The molecule has 1 aromatic heterocycles. The van der Waals surface area contributed by atoms with Crippen LogP contribution >= 0.6 is 11.8 Å². The molecule has 0 aromatic carbocycles. The van der Waals surface area contributed by atoms with E-state index in [4.69, 9.17) is 0 Å². The number of thioether (sulfide) groups is 1. The topological polar surface area (TPSA) is 41.9 Å². The molecule has 3 heterocycles. The van der Waals surface area contributed by atoms with Gasteiger partial charge in [0.1, 0.15) is 0 Å². The molecule has 0 amide bonds. The van der Waals surface area contributed by atoms with E-state index in [2.05, 4.69) is 28.3 Å². The lowest BCUT2D eigenvalue weighted by atomic mass is 10.2. The summed E-state index contributed by atoms with van der Waals surface area (Å²) in [5.74, 6) is 0. The molecule has 2 aliphatic heterocycles. The fourth-order valence-corrected chi connectivity index (χ4v) is 3.11. The quantitative estimate of drug-likeness (QED) is 0.567. The monoisotopic (exact) mass is 208 g/mol. The van der Waals surface area contributed by atoms with Gasteiger partial charge in [-0.15, -0.1) is 11.8 Å². The predicted molar refractivity (Wildman–Crippen MR) is 57.4 cm³/mol. The summed E-state index contributed by atoms with van der Waals surface area (Å²) >= 11 is 1.86. The molecular weight excluding hydrogens is 196 g/mol. The molecule has 0 radical (unpaired) electrons. The number of rotatable bonds is 0. The van der Waals surface area contributed by atoms with Crippen LogP contribution in [0.4, 0.5) is 0 Å². The molecule has 0 spiro atoms. The van der Waals surface area contributed by atoms with Crippen LogP contribution in [0.15, 0.2) is 6.20 Å². The second-order valence-electron chi connectivity index (χ2n) is 3.71. The zero-order valence-electron chi connectivity index (χ0n) is 8.11. The van der Waals surface area contributed by atoms with Crippen LogP contribution in [0, 0.1) is 0 Å². The first kappa shape index (κ1) is 8.38. The minimum absolute atomic E-state index is 0.472. The van der Waals surface area contributed by atoms with E-state index in [0.717, 1.165) is 0 Å². The molecule has 2 unspecified atom stereocenters. The fraction of sp³-hybridized carbons (Fsp3) is 0.444. The van der Waals surface area contributed by atoms with Gasteiger partial charge in [-0.3, -0.25) is 4.68 Å². The highest BCUT2D eigenvalue weighted by Crippen LogP contribution is 2.26. The maximum atomic E-state index is 4.27. The highest BCUT2D eigenvalue weighted by molar-refractivity contribution is 8.07. The average Bonchev–Trinajstić information content (AvgIpc) is 2.72. The Balaban J connectivity index is 2.32. The van der Waals surface area contributed by atoms with Crippen molar-refractivity contribution in [2.24, 2.45) is 7.05 Å². The number of nitrogens with zero attached hydrogens (tertiary/aromatic N) is 2. The molecule has 1 saturated heterocycles. The maximum Gasteiger partial charge on any atom is 0.0760 e. The van der Waals surface area contributed by atoms with Crippen LogP contribution in [0.25, 0.3) is 11.1 Å². The first-order chi connectivity index (χ1) is 6.77. The molecule has 0 saturated carbocycles. The molecule has 2 N–H and O–H groups in total. The third-order valence-electron chi connectivity index (χ3n) is 2.77. The van der Waals surface area contributed by atoms with E-state index in [-0.39, 0.29) is 0 Å². The third kappa shape index (κ3) is 0.965. The van der Waals surface area contributed by atoms with Gasteiger partial charge in [0.15, 0.2) is 0 Å². The predicted octanol–water partition coefficient (Wildman–Crippen LogP) is -1.12. The zero-order chi connectivity index (χ0) is 9.71. The van der Waals surface area contributed by atoms with Gasteiger partial charge in [-0.05, 0) is 12.3 Å². The smallest absolute Gasteiger partial charge is 0.0760 e. The van der Waals surface area contributed by atoms with Gasteiger partial charge in [0.05, 0.1) is 22.5 Å². The number of aromatic nitrogens is 2. The normalized spacial score (nSPS) is 29.1. The average molecular weight is 208 g/mol. The van der Waals surface area contributed by atoms with Crippen molar-refractivity contribution in [3.05, 3.63) is 16.8 Å². The minimum Gasteiger partial charge on any atom is -0.323 e. The lowest BCUT2D eigenvalue weighted by molar-refractivity contribution is 0.606. The molecule has 1 aromatic rings. The van der Waals surface area contributed by atoms with Crippen molar-refractivity contribution in [3.63, 3.8) is 0 Å². The van der Waals surface area contributed by atoms with E-state index in [1.165, 1.54) is 16.3 Å². The molecule has 3 rings (SSSR count). The van der Waals surface area contributed by atoms with Crippen LogP contribution in [0.1, 0.15) is 6.92 Å². The minimum atomic E-state index is 0.472. The van der Waals surface area contributed by atoms with Crippen LogP contribution in [0.2, 0.25) is 0 Å². The SMILES string of the molecule is CC1NNC2=c3cnn(C)c3=CSC21. The zero-order valence-corrected chi connectivity index (χ0v) is 8.93. The van der Waals surface area contributed by atoms with E-state index >= 15 is 0 Å². The summed E-state index contributed by atoms with van der Waals surface area (Å²) in [5, 5.41) is 9.40. The largest absolute Gasteiger partial charge is 0.323 e. The van der Waals surface area contributed by atoms with E-state index in [0.29, 0.717) is 11.3 Å². The molecule has 0 bridgehead atoms. The van der Waals surface area contributed by atoms with Crippen LogP contribution in [-0.4, -0.2) is 21.1 Å². The molecule has 2 atom stereocenters. The molecule has 4 nitrogen and oxygen atoms in total. The second-order valence-corrected chi connectivity index (χ2v) is 4.73. The summed E-state index contributed by atoms with van der Waals surface area (Å²) < 4.78 is 1.91. The number of fused-ring (bicyclic) bond motifs is 2. The highest BCUT2D eigenvalue weighted by Gasteiger charge is 2.30. The van der Waals surface area contributed by atoms with Gasteiger partial charge in [-0.25, -0.2) is 5.43 Å². The van der Waals surface area contributed by atoms with Gasteiger partial charge in [-0.2, -0.15) is 5.10 Å². The van der Waals surface area contributed by atoms with Crippen molar-refractivity contribution in [2.75, 3.05) is 0 Å². The first-order valence-corrected chi connectivity index (χ1v) is 5.61. The maximum absolute atomic E-state index is 4.27. The summed E-state index contributed by atoms with van der Waals surface area (Å²) in [5.41, 5.74) is 7.77. The molecule has 2 aliphatic rings. The molecule has 74 valence electrons. The van der Waals surface area contributed by atoms with Crippen LogP contribution in [0.3, 0.4) is 0 Å². The standard InChI is InChI=1S/C9H12N4S/c1-5-9-8(12-11-5)6-3-10-13(2)7(6)4-14-9/h3-5,9,11-12H,1-2H3.